The number of nitrogens with zero attached hydrogens (tertiary/aromatic N) is 2. The van der Waals surface area contributed by atoms with Crippen LogP contribution in [0.3, 0.4) is 0 Å². The number of nitrogens with one attached hydrogen (secondary N) is 2. The van der Waals surface area contributed by atoms with Crippen LogP contribution in [0.5, 0.6) is 0 Å². The summed E-state index contributed by atoms with van der Waals surface area (Å²) in [5.74, 6) is -0.972. The summed E-state index contributed by atoms with van der Waals surface area (Å²) in [5.41, 5.74) is 2.74. The Morgan fingerprint density at radius 2 is 2.24 bits per heavy atom. The fourth-order valence-corrected chi connectivity index (χ4v) is 1.67. The molecule has 0 saturated heterocycles. The minimum atomic E-state index is -0.488. The van der Waals surface area contributed by atoms with Crippen LogP contribution in [0.25, 0.3) is 0 Å². The van der Waals surface area contributed by atoms with Gasteiger partial charge in [0, 0.05) is 19.0 Å². The number of carbonyl (C=O) groups excluding carboxylic acids is 3. The van der Waals surface area contributed by atoms with E-state index < -0.39 is 11.9 Å². The van der Waals surface area contributed by atoms with Crippen LogP contribution in [-0.2, 0) is 14.3 Å². The summed E-state index contributed by atoms with van der Waals surface area (Å²) >= 11 is 0. The number of esters is 1. The van der Waals surface area contributed by atoms with Gasteiger partial charge in [-0.25, -0.2) is 15.2 Å². The molecule has 0 spiro atoms. The third kappa shape index (κ3) is 3.85. The molecule has 1 aromatic heterocycles. The standard InChI is InChI=1S/C13H14N4O4/c1-2-21-13(20)8-5-6-14-10(7-8)15-12(19)9-3-4-11(18)17-16-9/h5-7H,2-4H2,1H3,(H,17,18)(H,14,15,19). The van der Waals surface area contributed by atoms with E-state index in [0.29, 0.717) is 5.56 Å². The molecular formula is C13H14N4O4. The first-order valence-corrected chi connectivity index (χ1v) is 6.40. The van der Waals surface area contributed by atoms with E-state index in [2.05, 4.69) is 20.8 Å². The largest absolute Gasteiger partial charge is 0.462 e. The molecule has 21 heavy (non-hydrogen) atoms. The van der Waals surface area contributed by atoms with Crippen molar-refractivity contribution in [2.45, 2.75) is 19.8 Å². The first-order chi connectivity index (χ1) is 10.1. The van der Waals surface area contributed by atoms with E-state index in [4.69, 9.17) is 4.74 Å². The van der Waals surface area contributed by atoms with Gasteiger partial charge in [0.15, 0.2) is 0 Å². The van der Waals surface area contributed by atoms with Crippen molar-refractivity contribution in [3.63, 3.8) is 0 Å². The van der Waals surface area contributed by atoms with Gasteiger partial charge in [0.25, 0.3) is 5.91 Å². The van der Waals surface area contributed by atoms with Crippen LogP contribution < -0.4 is 10.7 Å². The van der Waals surface area contributed by atoms with Gasteiger partial charge in [0.05, 0.1) is 12.2 Å². The molecular weight excluding hydrogens is 276 g/mol. The predicted molar refractivity (Wildman–Crippen MR) is 73.6 cm³/mol. The van der Waals surface area contributed by atoms with Gasteiger partial charge in [-0.1, -0.05) is 0 Å². The summed E-state index contributed by atoms with van der Waals surface area (Å²) in [4.78, 5) is 38.4. The molecule has 1 aliphatic heterocycles. The first-order valence-electron chi connectivity index (χ1n) is 6.40. The maximum Gasteiger partial charge on any atom is 0.338 e. The average Bonchev–Trinajstić information content (AvgIpc) is 2.48. The number of hydrogen-bond acceptors (Lipinski definition) is 6. The number of rotatable bonds is 4. The van der Waals surface area contributed by atoms with Crippen molar-refractivity contribution < 1.29 is 19.1 Å². The Morgan fingerprint density at radius 3 is 2.90 bits per heavy atom. The summed E-state index contributed by atoms with van der Waals surface area (Å²) in [5, 5.41) is 6.20. The highest BCUT2D eigenvalue weighted by molar-refractivity contribution is 6.43. The lowest BCUT2D eigenvalue weighted by Crippen LogP contribution is -2.33. The van der Waals surface area contributed by atoms with E-state index in [1.165, 1.54) is 18.3 Å². The summed E-state index contributed by atoms with van der Waals surface area (Å²) in [6.07, 6.45) is 1.87. The highest BCUT2D eigenvalue weighted by Gasteiger charge is 2.19. The van der Waals surface area contributed by atoms with Crippen LogP contribution in [0, 0.1) is 0 Å². The molecule has 0 bridgehead atoms. The Balaban J connectivity index is 2.06. The first kappa shape index (κ1) is 14.6. The maximum atomic E-state index is 11.9. The number of pyridine rings is 1. The number of amides is 2. The van der Waals surface area contributed by atoms with Gasteiger partial charge in [-0.3, -0.25) is 9.59 Å². The summed E-state index contributed by atoms with van der Waals surface area (Å²) < 4.78 is 4.87. The second kappa shape index (κ2) is 6.60. The van der Waals surface area contributed by atoms with Gasteiger partial charge in [-0.15, -0.1) is 0 Å². The lowest BCUT2D eigenvalue weighted by atomic mass is 10.1. The molecule has 2 heterocycles. The van der Waals surface area contributed by atoms with Crippen LogP contribution in [0.4, 0.5) is 5.82 Å². The van der Waals surface area contributed by atoms with E-state index in [1.807, 2.05) is 0 Å². The SMILES string of the molecule is CCOC(=O)c1ccnc(NC(=O)C2=NNC(=O)CC2)c1. The van der Waals surface area contributed by atoms with Crippen molar-refractivity contribution in [1.82, 2.24) is 10.4 Å². The van der Waals surface area contributed by atoms with Gasteiger partial charge in [0.2, 0.25) is 5.91 Å². The fraction of sp³-hybridized carbons (Fsp3) is 0.308. The molecule has 2 N–H and O–H groups in total. The minimum absolute atomic E-state index is 0.206. The number of hydrazone groups is 1. The molecule has 8 nitrogen and oxygen atoms in total. The highest BCUT2D eigenvalue weighted by Crippen LogP contribution is 2.09. The van der Waals surface area contributed by atoms with E-state index in [-0.39, 0.29) is 36.9 Å². The van der Waals surface area contributed by atoms with E-state index in [0.717, 1.165) is 0 Å². The quantitative estimate of drug-likeness (QED) is 0.783. The smallest absolute Gasteiger partial charge is 0.338 e. The molecule has 0 aliphatic carbocycles. The normalized spacial score (nSPS) is 14.0. The third-order valence-electron chi connectivity index (χ3n) is 2.68. The number of aromatic nitrogens is 1. The van der Waals surface area contributed by atoms with Gasteiger partial charge in [-0.2, -0.15) is 5.10 Å². The number of anilines is 1. The fourth-order valence-electron chi connectivity index (χ4n) is 1.67. The third-order valence-corrected chi connectivity index (χ3v) is 2.68. The Labute approximate surface area is 120 Å². The van der Waals surface area contributed by atoms with Crippen LogP contribution in [0.15, 0.2) is 23.4 Å². The van der Waals surface area contributed by atoms with Crippen LogP contribution in [-0.4, -0.2) is 35.1 Å². The molecule has 0 unspecified atom stereocenters. The summed E-state index contributed by atoms with van der Waals surface area (Å²) in [6.45, 7) is 1.97. The van der Waals surface area contributed by atoms with E-state index in [1.54, 1.807) is 6.92 Å². The second-order valence-corrected chi connectivity index (χ2v) is 4.20. The van der Waals surface area contributed by atoms with E-state index >= 15 is 0 Å². The number of ether oxygens (including phenoxy) is 1. The molecule has 110 valence electrons. The molecule has 2 amide bonds. The zero-order chi connectivity index (χ0) is 15.2. The Bertz CT molecular complexity index is 612. The molecule has 0 radical (unpaired) electrons. The minimum Gasteiger partial charge on any atom is -0.462 e. The molecule has 0 saturated carbocycles. The van der Waals surface area contributed by atoms with Crippen LogP contribution in [0.2, 0.25) is 0 Å². The van der Waals surface area contributed by atoms with Crippen molar-refractivity contribution in [2.24, 2.45) is 5.10 Å². The average molecular weight is 290 g/mol. The lowest BCUT2D eigenvalue weighted by Gasteiger charge is -2.11. The zero-order valence-electron chi connectivity index (χ0n) is 11.4. The highest BCUT2D eigenvalue weighted by atomic mass is 16.5. The monoisotopic (exact) mass is 290 g/mol. The zero-order valence-corrected chi connectivity index (χ0v) is 11.4. The number of hydrogen-bond donors (Lipinski definition) is 2. The molecule has 0 atom stereocenters. The summed E-state index contributed by atoms with van der Waals surface area (Å²) in [7, 11) is 0. The van der Waals surface area contributed by atoms with Crippen molar-refractivity contribution in [2.75, 3.05) is 11.9 Å². The topological polar surface area (TPSA) is 110 Å². The van der Waals surface area contributed by atoms with Crippen molar-refractivity contribution in [3.8, 4) is 0 Å². The van der Waals surface area contributed by atoms with Crippen molar-refractivity contribution in [3.05, 3.63) is 23.9 Å². The van der Waals surface area contributed by atoms with Crippen LogP contribution >= 0.6 is 0 Å². The maximum absolute atomic E-state index is 11.9. The predicted octanol–water partition coefficient (Wildman–Crippen LogP) is 0.463. The van der Waals surface area contributed by atoms with Crippen LogP contribution in [0.1, 0.15) is 30.1 Å². The molecule has 8 heteroatoms. The van der Waals surface area contributed by atoms with Crippen molar-refractivity contribution in [1.29, 1.82) is 0 Å². The van der Waals surface area contributed by atoms with Gasteiger partial charge in [0.1, 0.15) is 11.5 Å². The Hall–Kier alpha value is -2.77. The number of carbonyl (C=O) groups is 3. The second-order valence-electron chi connectivity index (χ2n) is 4.20. The molecule has 0 aromatic carbocycles. The van der Waals surface area contributed by atoms with Crippen molar-refractivity contribution >= 4 is 29.3 Å². The molecule has 1 aromatic rings. The molecule has 1 aliphatic rings. The summed E-state index contributed by atoms with van der Waals surface area (Å²) in [6, 6.07) is 2.91. The Kier molecular flexibility index (Phi) is 4.60. The van der Waals surface area contributed by atoms with Gasteiger partial charge < -0.3 is 10.1 Å². The lowest BCUT2D eigenvalue weighted by molar-refractivity contribution is -0.121. The van der Waals surface area contributed by atoms with Gasteiger partial charge >= 0.3 is 5.97 Å². The molecule has 2 rings (SSSR count). The van der Waals surface area contributed by atoms with Gasteiger partial charge in [-0.05, 0) is 19.1 Å². The van der Waals surface area contributed by atoms with E-state index in [9.17, 15) is 14.4 Å². The molecule has 0 fully saturated rings. The Morgan fingerprint density at radius 1 is 1.43 bits per heavy atom.